The van der Waals surface area contributed by atoms with Crippen molar-refractivity contribution in [2.75, 3.05) is 26.2 Å². The standard InChI is InChI=1S/C32H34N6O5/c39-19-7-6-18-37-28-31(42)36(21-38-24-13-5-4-12-23(24)33-34-38)17-9-15-32(28)27(30(37)41)26-25(43-32)14-8-16-35(29(26)40)20-22-10-2-1-3-11-22/h1-5,8-15,25-28,39H,6-7,16-21H2/t25-,26+,27+,28?,32+/m1/s1. The number of unbranched alkanes of at least 4 members (excludes halogenated alkanes) is 1. The molecule has 11 heteroatoms. The molecule has 2 saturated heterocycles. The third-order valence-electron chi connectivity index (χ3n) is 9.07. The lowest BCUT2D eigenvalue weighted by molar-refractivity contribution is -0.149. The number of amides is 3. The van der Waals surface area contributed by atoms with E-state index in [0.29, 0.717) is 32.5 Å². The van der Waals surface area contributed by atoms with Gasteiger partial charge in [-0.05, 0) is 30.5 Å². The summed E-state index contributed by atoms with van der Waals surface area (Å²) in [5, 5.41) is 17.9. The molecule has 1 aromatic heterocycles. The van der Waals surface area contributed by atoms with Gasteiger partial charge in [0.15, 0.2) is 0 Å². The Morgan fingerprint density at radius 1 is 0.907 bits per heavy atom. The summed E-state index contributed by atoms with van der Waals surface area (Å²) in [6.45, 7) is 1.53. The van der Waals surface area contributed by atoms with Gasteiger partial charge in [-0.1, -0.05) is 72.0 Å². The molecule has 2 aromatic carbocycles. The molecule has 1 N–H and O–H groups in total. The van der Waals surface area contributed by atoms with E-state index in [9.17, 15) is 19.5 Å². The van der Waals surface area contributed by atoms with E-state index >= 15 is 0 Å². The number of benzene rings is 2. The van der Waals surface area contributed by atoms with E-state index in [-0.39, 0.29) is 37.5 Å². The largest absolute Gasteiger partial charge is 0.396 e. The fraction of sp³-hybridized carbons (Fsp3) is 0.406. The second-order valence-electron chi connectivity index (χ2n) is 11.6. The molecule has 0 aliphatic carbocycles. The predicted octanol–water partition coefficient (Wildman–Crippen LogP) is 1.74. The zero-order valence-electron chi connectivity index (χ0n) is 23.7. The van der Waals surface area contributed by atoms with Crippen LogP contribution in [0.15, 0.2) is 78.9 Å². The van der Waals surface area contributed by atoms with Gasteiger partial charge in [0.25, 0.3) is 5.91 Å². The number of carbonyl (C=O) groups is 3. The second-order valence-corrected chi connectivity index (χ2v) is 11.6. The number of nitrogens with zero attached hydrogens (tertiary/aromatic N) is 6. The third-order valence-corrected chi connectivity index (χ3v) is 9.07. The molecular formula is C32H34N6O5. The summed E-state index contributed by atoms with van der Waals surface area (Å²) in [5.74, 6) is -2.29. The van der Waals surface area contributed by atoms with Crippen LogP contribution < -0.4 is 0 Å². The van der Waals surface area contributed by atoms with Crippen molar-refractivity contribution in [3.63, 3.8) is 0 Å². The quantitative estimate of drug-likeness (QED) is 0.317. The summed E-state index contributed by atoms with van der Waals surface area (Å²) in [5.41, 5.74) is 1.23. The molecule has 7 rings (SSSR count). The number of fused-ring (bicyclic) bond motifs is 3. The van der Waals surface area contributed by atoms with Gasteiger partial charge >= 0.3 is 0 Å². The Bertz CT molecular complexity index is 1600. The second kappa shape index (κ2) is 11.1. The number of para-hydroxylation sites is 1. The van der Waals surface area contributed by atoms with Crippen LogP contribution in [0.3, 0.4) is 0 Å². The van der Waals surface area contributed by atoms with Gasteiger partial charge in [-0.3, -0.25) is 14.4 Å². The number of carbonyl (C=O) groups excluding carboxylic acids is 3. The molecule has 1 unspecified atom stereocenters. The molecule has 0 radical (unpaired) electrons. The van der Waals surface area contributed by atoms with E-state index < -0.39 is 29.6 Å². The molecule has 3 amide bonds. The molecule has 222 valence electrons. The van der Waals surface area contributed by atoms with Crippen LogP contribution in [0.2, 0.25) is 0 Å². The maximum Gasteiger partial charge on any atom is 0.250 e. The van der Waals surface area contributed by atoms with Gasteiger partial charge in [0.2, 0.25) is 11.8 Å². The summed E-state index contributed by atoms with van der Waals surface area (Å²) in [7, 11) is 0. The lowest BCUT2D eigenvalue weighted by atomic mass is 9.77. The average molecular weight is 583 g/mol. The summed E-state index contributed by atoms with van der Waals surface area (Å²) >= 11 is 0. The Morgan fingerprint density at radius 2 is 1.70 bits per heavy atom. The van der Waals surface area contributed by atoms with Crippen molar-refractivity contribution >= 4 is 28.8 Å². The van der Waals surface area contributed by atoms with Crippen LogP contribution in [-0.2, 0) is 32.3 Å². The zero-order valence-corrected chi connectivity index (χ0v) is 23.7. The highest BCUT2D eigenvalue weighted by Gasteiger charge is 2.71. The molecule has 4 aliphatic rings. The highest BCUT2D eigenvalue weighted by atomic mass is 16.5. The predicted molar refractivity (Wildman–Crippen MR) is 156 cm³/mol. The molecule has 0 bridgehead atoms. The van der Waals surface area contributed by atoms with Crippen molar-refractivity contribution in [3.05, 3.63) is 84.5 Å². The fourth-order valence-corrected chi connectivity index (χ4v) is 7.13. The first-order chi connectivity index (χ1) is 21.0. The van der Waals surface area contributed by atoms with Crippen LogP contribution in [0, 0.1) is 11.8 Å². The molecule has 0 saturated carbocycles. The molecular weight excluding hydrogens is 548 g/mol. The zero-order chi connectivity index (χ0) is 29.6. The number of ether oxygens (including phenoxy) is 1. The van der Waals surface area contributed by atoms with Crippen LogP contribution in [0.4, 0.5) is 0 Å². The minimum Gasteiger partial charge on any atom is -0.396 e. The minimum absolute atomic E-state index is 0.0143. The van der Waals surface area contributed by atoms with Crippen LogP contribution >= 0.6 is 0 Å². The first kappa shape index (κ1) is 27.5. The first-order valence-corrected chi connectivity index (χ1v) is 14.8. The SMILES string of the molecule is O=C1C2N(CCCCO)C(=O)[C@@H]3[C@H]4C(=O)N(Cc5ccccc5)CC=C[C@H]4O[C@]23C=CCN1Cn1nnc2ccccc21. The summed E-state index contributed by atoms with van der Waals surface area (Å²) in [6, 6.07) is 16.4. The van der Waals surface area contributed by atoms with E-state index in [2.05, 4.69) is 10.3 Å². The van der Waals surface area contributed by atoms with E-state index in [1.54, 1.807) is 19.4 Å². The Labute approximate surface area is 249 Å². The van der Waals surface area contributed by atoms with Crippen molar-refractivity contribution in [1.82, 2.24) is 29.7 Å². The van der Waals surface area contributed by atoms with Crippen molar-refractivity contribution in [2.45, 2.75) is 43.8 Å². The molecule has 5 heterocycles. The molecule has 2 fully saturated rings. The topological polar surface area (TPSA) is 121 Å². The average Bonchev–Trinajstić information content (AvgIpc) is 3.57. The Balaban J connectivity index is 1.24. The Hall–Kier alpha value is -4.35. The molecule has 11 nitrogen and oxygen atoms in total. The van der Waals surface area contributed by atoms with Gasteiger partial charge in [0.1, 0.15) is 23.8 Å². The van der Waals surface area contributed by atoms with Crippen LogP contribution in [0.1, 0.15) is 18.4 Å². The lowest BCUT2D eigenvalue weighted by Gasteiger charge is -2.35. The monoisotopic (exact) mass is 582 g/mol. The molecule has 4 aliphatic heterocycles. The Morgan fingerprint density at radius 3 is 2.53 bits per heavy atom. The molecule has 1 spiro atoms. The maximum absolute atomic E-state index is 14.5. The van der Waals surface area contributed by atoms with Crippen molar-refractivity contribution < 1.29 is 24.2 Å². The fourth-order valence-electron chi connectivity index (χ4n) is 7.13. The summed E-state index contributed by atoms with van der Waals surface area (Å²) < 4.78 is 8.40. The van der Waals surface area contributed by atoms with E-state index in [4.69, 9.17) is 4.74 Å². The number of rotatable bonds is 8. The van der Waals surface area contributed by atoms with Crippen LogP contribution in [0.5, 0.6) is 0 Å². The number of hydrogen-bond donors (Lipinski definition) is 1. The number of likely N-dealkylation sites (tertiary alicyclic amines) is 1. The van der Waals surface area contributed by atoms with E-state index in [0.717, 1.165) is 16.6 Å². The van der Waals surface area contributed by atoms with Crippen molar-refractivity contribution in [2.24, 2.45) is 11.8 Å². The van der Waals surface area contributed by atoms with Crippen LogP contribution in [-0.4, -0.2) is 96.5 Å². The number of aromatic nitrogens is 3. The van der Waals surface area contributed by atoms with E-state index in [1.807, 2.05) is 78.9 Å². The summed E-state index contributed by atoms with van der Waals surface area (Å²) in [6.07, 6.45) is 7.90. The lowest BCUT2D eigenvalue weighted by Crippen LogP contribution is -2.55. The van der Waals surface area contributed by atoms with Gasteiger partial charge in [-0.25, -0.2) is 4.68 Å². The summed E-state index contributed by atoms with van der Waals surface area (Å²) in [4.78, 5) is 48.0. The first-order valence-electron chi connectivity index (χ1n) is 14.8. The highest BCUT2D eigenvalue weighted by Crippen LogP contribution is 2.53. The van der Waals surface area contributed by atoms with Crippen molar-refractivity contribution in [3.8, 4) is 0 Å². The normalized spacial score (nSPS) is 28.3. The van der Waals surface area contributed by atoms with Gasteiger partial charge in [0, 0.05) is 32.8 Å². The minimum atomic E-state index is -1.29. The smallest absolute Gasteiger partial charge is 0.250 e. The number of aliphatic hydroxyl groups excluding tert-OH is 1. The van der Waals surface area contributed by atoms with Gasteiger partial charge in [0.05, 0.1) is 23.5 Å². The maximum atomic E-state index is 14.5. The van der Waals surface area contributed by atoms with E-state index in [1.165, 1.54) is 0 Å². The highest BCUT2D eigenvalue weighted by molar-refractivity contribution is 5.99. The Kier molecular flexibility index (Phi) is 7.06. The van der Waals surface area contributed by atoms with Crippen LogP contribution in [0.25, 0.3) is 11.0 Å². The third kappa shape index (κ3) is 4.54. The number of hydrogen-bond acceptors (Lipinski definition) is 7. The molecule has 3 aromatic rings. The number of aliphatic hydroxyl groups is 1. The van der Waals surface area contributed by atoms with Gasteiger partial charge < -0.3 is 24.5 Å². The van der Waals surface area contributed by atoms with Gasteiger partial charge in [-0.2, -0.15) is 0 Å². The molecule has 43 heavy (non-hydrogen) atoms. The molecule has 5 atom stereocenters. The van der Waals surface area contributed by atoms with Crippen molar-refractivity contribution in [1.29, 1.82) is 0 Å². The van der Waals surface area contributed by atoms with Gasteiger partial charge in [-0.15, -0.1) is 5.10 Å².